The van der Waals surface area contributed by atoms with Gasteiger partial charge in [0.05, 0.1) is 11.4 Å². The van der Waals surface area contributed by atoms with E-state index in [-0.39, 0.29) is 23.3 Å². The van der Waals surface area contributed by atoms with Crippen LogP contribution in [0.25, 0.3) is 0 Å². The highest BCUT2D eigenvalue weighted by Gasteiger charge is 2.29. The Morgan fingerprint density at radius 3 is 2.45 bits per heavy atom. The second kappa shape index (κ2) is 9.19. The Bertz CT molecular complexity index is 1080. The number of carbonyl (C=O) groups excluding carboxylic acids is 1. The highest BCUT2D eigenvalue weighted by atomic mass is 79.9. The van der Waals surface area contributed by atoms with Crippen LogP contribution in [0.2, 0.25) is 0 Å². The molecule has 2 aliphatic rings. The maximum absolute atomic E-state index is 13.0. The van der Waals surface area contributed by atoms with Crippen molar-refractivity contribution >= 4 is 37.7 Å². The van der Waals surface area contributed by atoms with Crippen molar-refractivity contribution in [2.24, 2.45) is 5.92 Å². The van der Waals surface area contributed by atoms with E-state index >= 15 is 0 Å². The van der Waals surface area contributed by atoms with Crippen LogP contribution in [-0.4, -0.2) is 53.1 Å². The van der Waals surface area contributed by atoms with Crippen LogP contribution in [-0.2, 0) is 14.8 Å². The molecule has 0 radical (unpaired) electrons. The number of piperidine rings is 1. The smallest absolute Gasteiger partial charge is 0.264 e. The molecule has 0 saturated carbocycles. The van der Waals surface area contributed by atoms with E-state index in [1.165, 1.54) is 27.9 Å². The lowest BCUT2D eigenvalue weighted by molar-refractivity contribution is -0.131. The summed E-state index contributed by atoms with van der Waals surface area (Å²) in [5, 5.41) is 0. The second-order valence-electron chi connectivity index (χ2n) is 7.29. The van der Waals surface area contributed by atoms with Gasteiger partial charge in [-0.25, -0.2) is 18.4 Å². The van der Waals surface area contributed by atoms with E-state index in [4.69, 9.17) is 0 Å². The van der Waals surface area contributed by atoms with Crippen molar-refractivity contribution < 1.29 is 13.2 Å². The molecule has 2 aromatic rings. The van der Waals surface area contributed by atoms with Gasteiger partial charge >= 0.3 is 0 Å². The Labute approximate surface area is 190 Å². The number of nitrogens with zero attached hydrogens (tertiary/aromatic N) is 5. The molecule has 0 unspecified atom stereocenters. The Hall–Kier alpha value is -2.72. The summed E-state index contributed by atoms with van der Waals surface area (Å²) in [6, 6.07) is 8.34. The van der Waals surface area contributed by atoms with Crippen LogP contribution in [0, 0.1) is 5.92 Å². The van der Waals surface area contributed by atoms with E-state index in [0.29, 0.717) is 12.8 Å². The number of carbonyl (C=O) groups is 1. The van der Waals surface area contributed by atoms with Gasteiger partial charge in [-0.05, 0) is 49.2 Å². The van der Waals surface area contributed by atoms with Crippen LogP contribution < -0.4 is 4.90 Å². The van der Waals surface area contributed by atoms with Crippen molar-refractivity contribution in [3.8, 4) is 0 Å². The maximum Gasteiger partial charge on any atom is 0.264 e. The Kier molecular flexibility index (Phi) is 6.38. The lowest BCUT2D eigenvalue weighted by atomic mass is 9.95. The fourth-order valence-corrected chi connectivity index (χ4v) is 5.14. The molecule has 2 aliphatic heterocycles. The number of hydrogen-bond donors (Lipinski definition) is 0. The topological polar surface area (TPSA) is 86.7 Å². The van der Waals surface area contributed by atoms with Gasteiger partial charge in [-0.3, -0.25) is 14.0 Å². The van der Waals surface area contributed by atoms with Crippen molar-refractivity contribution in [1.29, 1.82) is 0 Å². The molecule has 1 fully saturated rings. The van der Waals surface area contributed by atoms with E-state index in [2.05, 4.69) is 30.8 Å². The average molecular weight is 504 g/mol. The molecule has 0 bridgehead atoms. The zero-order valence-corrected chi connectivity index (χ0v) is 19.1. The van der Waals surface area contributed by atoms with Crippen molar-refractivity contribution in [3.63, 3.8) is 0 Å². The first-order valence-electron chi connectivity index (χ1n) is 9.91. The summed E-state index contributed by atoms with van der Waals surface area (Å²) in [5.41, 5.74) is 0. The quantitative estimate of drug-likeness (QED) is 0.637. The summed E-state index contributed by atoms with van der Waals surface area (Å²) in [7, 11) is -3.70. The van der Waals surface area contributed by atoms with Gasteiger partial charge in [0.15, 0.2) is 0 Å². The highest BCUT2D eigenvalue weighted by Crippen LogP contribution is 2.25. The first-order chi connectivity index (χ1) is 14.9. The molecule has 10 heteroatoms. The summed E-state index contributed by atoms with van der Waals surface area (Å²) >= 11 is 3.31. The highest BCUT2D eigenvalue weighted by molar-refractivity contribution is 9.10. The zero-order valence-electron chi connectivity index (χ0n) is 16.7. The van der Waals surface area contributed by atoms with Gasteiger partial charge in [0, 0.05) is 48.3 Å². The number of halogens is 1. The molecule has 162 valence electrons. The first-order valence-corrected chi connectivity index (χ1v) is 12.1. The van der Waals surface area contributed by atoms with Gasteiger partial charge in [0.2, 0.25) is 5.91 Å². The number of anilines is 1. The van der Waals surface area contributed by atoms with Crippen LogP contribution in [0.5, 0.6) is 0 Å². The van der Waals surface area contributed by atoms with Gasteiger partial charge in [-0.2, -0.15) is 0 Å². The third kappa shape index (κ3) is 4.80. The Balaban J connectivity index is 1.41. The molecule has 31 heavy (non-hydrogen) atoms. The predicted octanol–water partition coefficient (Wildman–Crippen LogP) is 2.97. The van der Waals surface area contributed by atoms with E-state index in [1.807, 2.05) is 6.07 Å². The van der Waals surface area contributed by atoms with Crippen LogP contribution in [0.3, 0.4) is 0 Å². The molecule has 1 aromatic carbocycles. The minimum atomic E-state index is -3.70. The maximum atomic E-state index is 13.0. The van der Waals surface area contributed by atoms with Gasteiger partial charge in [0.25, 0.3) is 10.0 Å². The fourth-order valence-electron chi connectivity index (χ4n) is 3.63. The average Bonchev–Trinajstić information content (AvgIpc) is 3.07. The molecule has 8 nitrogen and oxygen atoms in total. The molecular formula is C21H22BrN5O3S. The molecule has 0 spiro atoms. The first kappa shape index (κ1) is 21.5. The second-order valence-corrected chi connectivity index (χ2v) is 10.1. The van der Waals surface area contributed by atoms with E-state index in [1.54, 1.807) is 42.7 Å². The van der Waals surface area contributed by atoms with Crippen LogP contribution >= 0.6 is 15.9 Å². The molecular weight excluding hydrogens is 482 g/mol. The number of sulfonamides is 1. The lowest BCUT2D eigenvalue weighted by Gasteiger charge is -2.33. The number of benzene rings is 1. The molecule has 0 N–H and O–H groups in total. The molecule has 0 atom stereocenters. The van der Waals surface area contributed by atoms with Crippen molar-refractivity contribution in [2.45, 2.75) is 17.7 Å². The SMILES string of the molecule is O=C(C1CCN(c2ccncn2)CC1)N1C=CCN(S(=O)(=O)c2ccc(Br)cc2)C=C1. The van der Waals surface area contributed by atoms with Gasteiger partial charge < -0.3 is 4.90 Å². The van der Waals surface area contributed by atoms with E-state index in [9.17, 15) is 13.2 Å². The Morgan fingerprint density at radius 2 is 1.77 bits per heavy atom. The van der Waals surface area contributed by atoms with E-state index in [0.717, 1.165) is 23.4 Å². The zero-order chi connectivity index (χ0) is 21.8. The molecule has 1 aromatic heterocycles. The monoisotopic (exact) mass is 503 g/mol. The molecule has 1 amide bonds. The van der Waals surface area contributed by atoms with Crippen molar-refractivity contribution in [2.75, 3.05) is 24.5 Å². The van der Waals surface area contributed by atoms with Gasteiger partial charge in [-0.15, -0.1) is 0 Å². The number of rotatable bonds is 4. The third-order valence-electron chi connectivity index (χ3n) is 5.35. The molecule has 4 rings (SSSR count). The standard InChI is InChI=1S/C21H22BrN5O3S/c22-18-2-4-19(5-3-18)31(29,30)27-11-1-10-26(14-15-27)21(28)17-7-12-25(13-8-17)20-6-9-23-16-24-20/h1-6,9-10,14-17H,7-8,11-13H2. The number of amides is 1. The number of aromatic nitrogens is 2. The largest absolute Gasteiger partial charge is 0.356 e. The van der Waals surface area contributed by atoms with Crippen LogP contribution in [0.15, 0.2) is 76.9 Å². The third-order valence-corrected chi connectivity index (χ3v) is 7.64. The fraction of sp³-hybridized carbons (Fsp3) is 0.286. The van der Waals surface area contributed by atoms with Gasteiger partial charge in [0.1, 0.15) is 12.1 Å². The van der Waals surface area contributed by atoms with Crippen LogP contribution in [0.4, 0.5) is 5.82 Å². The van der Waals surface area contributed by atoms with Gasteiger partial charge in [-0.1, -0.05) is 15.9 Å². The van der Waals surface area contributed by atoms with Crippen molar-refractivity contribution in [3.05, 3.63) is 72.0 Å². The Morgan fingerprint density at radius 1 is 1.03 bits per heavy atom. The minimum absolute atomic E-state index is 0.0299. The number of hydrogen-bond acceptors (Lipinski definition) is 6. The normalized spacial score (nSPS) is 17.6. The minimum Gasteiger partial charge on any atom is -0.356 e. The lowest BCUT2D eigenvalue weighted by Crippen LogP contribution is -2.40. The molecule has 1 saturated heterocycles. The summed E-state index contributed by atoms with van der Waals surface area (Å²) in [6.07, 6.45) is 11.0. The molecule has 3 heterocycles. The summed E-state index contributed by atoms with van der Waals surface area (Å²) < 4.78 is 27.9. The summed E-state index contributed by atoms with van der Waals surface area (Å²) in [4.78, 5) is 25.1. The molecule has 0 aliphatic carbocycles. The van der Waals surface area contributed by atoms with Crippen LogP contribution in [0.1, 0.15) is 12.8 Å². The summed E-state index contributed by atoms with van der Waals surface area (Å²) in [6.45, 7) is 1.63. The van der Waals surface area contributed by atoms with E-state index < -0.39 is 10.0 Å². The predicted molar refractivity (Wildman–Crippen MR) is 120 cm³/mol. The summed E-state index contributed by atoms with van der Waals surface area (Å²) in [5.74, 6) is 0.712. The van der Waals surface area contributed by atoms with Crippen molar-refractivity contribution in [1.82, 2.24) is 19.2 Å².